The molecule has 204 valence electrons. The van der Waals surface area contributed by atoms with Crippen molar-refractivity contribution in [2.75, 3.05) is 48.8 Å². The summed E-state index contributed by atoms with van der Waals surface area (Å²) in [6, 6.07) is 15.2. The summed E-state index contributed by atoms with van der Waals surface area (Å²) >= 11 is 0. The maximum absolute atomic E-state index is 13.2. The van der Waals surface area contributed by atoms with Crippen molar-refractivity contribution in [3.63, 3.8) is 0 Å². The maximum Gasteiger partial charge on any atom is 0.255 e. The van der Waals surface area contributed by atoms with Crippen molar-refractivity contribution < 1.29 is 4.79 Å². The van der Waals surface area contributed by atoms with Gasteiger partial charge in [0.25, 0.3) is 5.91 Å². The van der Waals surface area contributed by atoms with Gasteiger partial charge in [-0.15, -0.1) is 0 Å². The van der Waals surface area contributed by atoms with Gasteiger partial charge in [-0.2, -0.15) is 5.26 Å². The predicted molar refractivity (Wildman–Crippen MR) is 157 cm³/mol. The molecule has 2 aromatic heterocycles. The van der Waals surface area contributed by atoms with Crippen LogP contribution in [0.5, 0.6) is 0 Å². The number of nitrogens with zero attached hydrogens (tertiary/aromatic N) is 7. The van der Waals surface area contributed by atoms with Gasteiger partial charge in [-0.05, 0) is 76.2 Å². The molecule has 10 nitrogen and oxygen atoms in total. The molecule has 1 aliphatic heterocycles. The molecule has 0 atom stereocenters. The van der Waals surface area contributed by atoms with E-state index in [0.717, 1.165) is 49.4 Å². The molecular formula is C30H33N9O. The zero-order valence-electron chi connectivity index (χ0n) is 23.3. The number of fused-ring (bicyclic) bond motifs is 1. The summed E-state index contributed by atoms with van der Waals surface area (Å²) in [6.45, 7) is 9.41. The first kappa shape index (κ1) is 27.0. The Morgan fingerprint density at radius 3 is 2.73 bits per heavy atom. The van der Waals surface area contributed by atoms with Gasteiger partial charge in [0.05, 0.1) is 17.7 Å². The first-order valence-electron chi connectivity index (χ1n) is 13.4. The Hall–Kier alpha value is -4.62. The molecule has 1 amide bonds. The number of anilines is 4. The number of carbonyl (C=O) groups is 1. The van der Waals surface area contributed by atoms with Gasteiger partial charge in [0.2, 0.25) is 5.95 Å². The SMILES string of the molecule is Cc1ccc(C(=O)Nc2cccc(C(C)(C)C#N)c2)cc1Nc1ncnc2cnc(N3CCCN(C)CC3)nc12. The van der Waals surface area contributed by atoms with Crippen LogP contribution in [0, 0.1) is 18.3 Å². The van der Waals surface area contributed by atoms with Gasteiger partial charge < -0.3 is 20.4 Å². The standard InChI is InChI=1S/C30H33N9O/c1-20-9-10-21(28(40)35-23-8-5-7-22(16-23)30(2,3)18-31)15-24(20)36-27-26-25(33-19-34-27)17-32-29(37-26)39-12-6-11-38(4)13-14-39/h5,7-10,15-17,19H,6,11-14H2,1-4H3,(H,35,40)(H,33,34,36). The van der Waals surface area contributed by atoms with Crippen LogP contribution in [0.4, 0.5) is 23.1 Å². The molecule has 3 heterocycles. The minimum absolute atomic E-state index is 0.252. The number of aryl methyl sites for hydroxylation is 1. The van der Waals surface area contributed by atoms with E-state index >= 15 is 0 Å². The van der Waals surface area contributed by atoms with Gasteiger partial charge in [0, 0.05) is 36.6 Å². The van der Waals surface area contributed by atoms with Crippen LogP contribution in [0.1, 0.15) is 41.8 Å². The average Bonchev–Trinajstić information content (AvgIpc) is 3.18. The van der Waals surface area contributed by atoms with E-state index in [0.29, 0.717) is 34.1 Å². The van der Waals surface area contributed by atoms with Gasteiger partial charge >= 0.3 is 0 Å². The quantitative estimate of drug-likeness (QED) is 0.363. The fraction of sp³-hybridized carbons (Fsp3) is 0.333. The van der Waals surface area contributed by atoms with Crippen molar-refractivity contribution in [2.45, 2.75) is 32.6 Å². The molecule has 0 radical (unpaired) electrons. The number of hydrogen-bond acceptors (Lipinski definition) is 9. The van der Waals surface area contributed by atoms with Crippen LogP contribution in [0.25, 0.3) is 11.0 Å². The number of carbonyl (C=O) groups excluding carboxylic acids is 1. The highest BCUT2D eigenvalue weighted by molar-refractivity contribution is 6.05. The summed E-state index contributed by atoms with van der Waals surface area (Å²) in [5.41, 5.74) is 4.25. The van der Waals surface area contributed by atoms with Crippen LogP contribution in [0.15, 0.2) is 55.0 Å². The molecular weight excluding hydrogens is 502 g/mol. The minimum atomic E-state index is -0.658. The van der Waals surface area contributed by atoms with E-state index < -0.39 is 5.41 Å². The number of benzene rings is 2. The lowest BCUT2D eigenvalue weighted by atomic mass is 9.86. The van der Waals surface area contributed by atoms with E-state index in [1.807, 2.05) is 51.1 Å². The summed E-state index contributed by atoms with van der Waals surface area (Å²) < 4.78 is 0. The predicted octanol–water partition coefficient (Wildman–Crippen LogP) is 4.67. The Balaban J connectivity index is 1.40. The summed E-state index contributed by atoms with van der Waals surface area (Å²) in [4.78, 5) is 36.0. The fourth-order valence-electron chi connectivity index (χ4n) is 4.61. The lowest BCUT2D eigenvalue weighted by molar-refractivity contribution is 0.102. The van der Waals surface area contributed by atoms with Crippen molar-refractivity contribution in [1.82, 2.24) is 24.8 Å². The zero-order valence-corrected chi connectivity index (χ0v) is 23.3. The first-order valence-corrected chi connectivity index (χ1v) is 13.4. The summed E-state index contributed by atoms with van der Waals surface area (Å²) in [5.74, 6) is 0.957. The Kier molecular flexibility index (Phi) is 7.58. The van der Waals surface area contributed by atoms with Crippen LogP contribution in [-0.2, 0) is 5.41 Å². The Labute approximate surface area is 234 Å². The second-order valence-electron chi connectivity index (χ2n) is 10.7. The third-order valence-electron chi connectivity index (χ3n) is 7.24. The van der Waals surface area contributed by atoms with Crippen molar-refractivity contribution in [2.24, 2.45) is 0 Å². The minimum Gasteiger partial charge on any atom is -0.339 e. The van der Waals surface area contributed by atoms with Crippen molar-refractivity contribution >= 4 is 40.1 Å². The van der Waals surface area contributed by atoms with Gasteiger partial charge in [-0.3, -0.25) is 4.79 Å². The number of aromatic nitrogens is 4. The number of amides is 1. The molecule has 1 aliphatic rings. The van der Waals surface area contributed by atoms with Gasteiger partial charge in [0.1, 0.15) is 17.4 Å². The topological polar surface area (TPSA) is 123 Å². The fourth-order valence-corrected chi connectivity index (χ4v) is 4.61. The molecule has 2 N–H and O–H groups in total. The molecule has 0 aliphatic carbocycles. The van der Waals surface area contributed by atoms with Gasteiger partial charge in [-0.1, -0.05) is 18.2 Å². The highest BCUT2D eigenvalue weighted by Gasteiger charge is 2.21. The second-order valence-corrected chi connectivity index (χ2v) is 10.7. The normalized spacial score (nSPS) is 14.4. The van der Waals surface area contributed by atoms with E-state index in [4.69, 9.17) is 4.98 Å². The third-order valence-corrected chi connectivity index (χ3v) is 7.24. The van der Waals surface area contributed by atoms with Crippen molar-refractivity contribution in [1.29, 1.82) is 5.26 Å². The molecule has 4 aromatic rings. The molecule has 1 fully saturated rings. The molecule has 10 heteroatoms. The van der Waals surface area contributed by atoms with Crippen LogP contribution in [0.3, 0.4) is 0 Å². The molecule has 0 unspecified atom stereocenters. The van der Waals surface area contributed by atoms with E-state index in [9.17, 15) is 10.1 Å². The van der Waals surface area contributed by atoms with Crippen LogP contribution in [0.2, 0.25) is 0 Å². The van der Waals surface area contributed by atoms with Crippen LogP contribution in [-0.4, -0.2) is 64.0 Å². The zero-order chi connectivity index (χ0) is 28.3. The lowest BCUT2D eigenvalue weighted by Crippen LogP contribution is -2.30. The number of rotatable bonds is 6. The maximum atomic E-state index is 13.2. The van der Waals surface area contributed by atoms with Crippen molar-refractivity contribution in [3.05, 3.63) is 71.7 Å². The molecule has 0 saturated carbocycles. The van der Waals surface area contributed by atoms with E-state index in [-0.39, 0.29) is 5.91 Å². The summed E-state index contributed by atoms with van der Waals surface area (Å²) in [6.07, 6.45) is 4.26. The smallest absolute Gasteiger partial charge is 0.255 e. The molecule has 5 rings (SSSR count). The van der Waals surface area contributed by atoms with Gasteiger partial charge in [-0.25, -0.2) is 19.9 Å². The second kappa shape index (κ2) is 11.2. The number of likely N-dealkylation sites (N-methyl/N-ethyl adjacent to an activating group) is 1. The number of nitrogens with one attached hydrogen (secondary N) is 2. The number of hydrogen-bond donors (Lipinski definition) is 2. The van der Waals surface area contributed by atoms with E-state index in [1.54, 1.807) is 18.3 Å². The van der Waals surface area contributed by atoms with Crippen LogP contribution < -0.4 is 15.5 Å². The highest BCUT2D eigenvalue weighted by Crippen LogP contribution is 2.28. The average molecular weight is 536 g/mol. The Morgan fingerprint density at radius 1 is 1.05 bits per heavy atom. The number of nitriles is 1. The third kappa shape index (κ3) is 5.84. The molecule has 2 aromatic carbocycles. The van der Waals surface area contributed by atoms with Crippen LogP contribution >= 0.6 is 0 Å². The monoisotopic (exact) mass is 535 g/mol. The highest BCUT2D eigenvalue weighted by atomic mass is 16.1. The van der Waals surface area contributed by atoms with Gasteiger partial charge in [0.15, 0.2) is 5.82 Å². The van der Waals surface area contributed by atoms with Crippen molar-refractivity contribution in [3.8, 4) is 6.07 Å². The summed E-state index contributed by atoms with van der Waals surface area (Å²) in [7, 11) is 2.13. The summed E-state index contributed by atoms with van der Waals surface area (Å²) in [5, 5.41) is 15.8. The Bertz CT molecular complexity index is 1590. The molecule has 0 bridgehead atoms. The van der Waals surface area contributed by atoms with E-state index in [2.05, 4.69) is 48.5 Å². The largest absolute Gasteiger partial charge is 0.339 e. The van der Waals surface area contributed by atoms with E-state index in [1.165, 1.54) is 6.33 Å². The first-order chi connectivity index (χ1) is 19.2. The molecule has 0 spiro atoms. The Morgan fingerprint density at radius 2 is 1.90 bits per heavy atom. The lowest BCUT2D eigenvalue weighted by Gasteiger charge is -2.20. The molecule has 40 heavy (non-hydrogen) atoms. The molecule has 1 saturated heterocycles.